The topological polar surface area (TPSA) is 37.8 Å². The van der Waals surface area contributed by atoms with Gasteiger partial charge in [-0.25, -0.2) is 9.97 Å². The molecule has 18 heavy (non-hydrogen) atoms. The molecule has 0 radical (unpaired) electrons. The van der Waals surface area contributed by atoms with Crippen LogP contribution in [0.4, 0.5) is 5.82 Å². The Morgan fingerprint density at radius 1 is 1.33 bits per heavy atom. The third-order valence-corrected chi connectivity index (χ3v) is 5.21. The number of anilines is 1. The zero-order chi connectivity index (χ0) is 12.7. The molecule has 2 heterocycles. The molecule has 1 fully saturated rings. The number of hydrogen-bond acceptors (Lipinski definition) is 4. The number of rotatable bonds is 3. The lowest BCUT2D eigenvalue weighted by atomic mass is 10.2. The summed E-state index contributed by atoms with van der Waals surface area (Å²) in [7, 11) is 1.90. The van der Waals surface area contributed by atoms with Crippen molar-refractivity contribution < 1.29 is 0 Å². The summed E-state index contributed by atoms with van der Waals surface area (Å²) in [6.07, 6.45) is 2.51. The van der Waals surface area contributed by atoms with E-state index < -0.39 is 0 Å². The summed E-state index contributed by atoms with van der Waals surface area (Å²) in [6, 6.07) is 4.17. The first-order valence-electron chi connectivity index (χ1n) is 6.00. The quantitative estimate of drug-likeness (QED) is 0.920. The molecule has 0 atom stereocenters. The van der Waals surface area contributed by atoms with E-state index in [1.54, 1.807) is 11.3 Å². The van der Waals surface area contributed by atoms with Crippen molar-refractivity contribution >= 4 is 33.1 Å². The van der Waals surface area contributed by atoms with Crippen molar-refractivity contribution in [3.8, 4) is 10.7 Å². The van der Waals surface area contributed by atoms with Crippen LogP contribution in [0.2, 0.25) is 0 Å². The van der Waals surface area contributed by atoms with Crippen molar-refractivity contribution in [2.75, 3.05) is 12.4 Å². The number of halogens is 1. The Kier molecular flexibility index (Phi) is 3.11. The van der Waals surface area contributed by atoms with Crippen LogP contribution in [0.15, 0.2) is 16.6 Å². The lowest BCUT2D eigenvalue weighted by Crippen LogP contribution is -1.99. The molecule has 1 aliphatic carbocycles. The van der Waals surface area contributed by atoms with Gasteiger partial charge in [0.1, 0.15) is 5.82 Å². The second kappa shape index (κ2) is 4.63. The Morgan fingerprint density at radius 3 is 2.67 bits per heavy atom. The smallest absolute Gasteiger partial charge is 0.171 e. The molecule has 0 spiro atoms. The molecule has 2 aromatic rings. The molecule has 5 heteroatoms. The zero-order valence-electron chi connectivity index (χ0n) is 10.3. The average Bonchev–Trinajstić information content (AvgIpc) is 3.16. The van der Waals surface area contributed by atoms with Crippen LogP contribution in [0.3, 0.4) is 0 Å². The minimum Gasteiger partial charge on any atom is -0.373 e. The van der Waals surface area contributed by atoms with Gasteiger partial charge in [-0.15, -0.1) is 11.3 Å². The fourth-order valence-corrected chi connectivity index (χ4v) is 3.33. The van der Waals surface area contributed by atoms with E-state index in [9.17, 15) is 0 Å². The molecule has 1 N–H and O–H groups in total. The fourth-order valence-electron chi connectivity index (χ4n) is 1.86. The molecule has 0 unspecified atom stereocenters. The van der Waals surface area contributed by atoms with Crippen molar-refractivity contribution in [3.63, 3.8) is 0 Å². The molecule has 3 rings (SSSR count). The van der Waals surface area contributed by atoms with Crippen LogP contribution in [-0.2, 0) is 0 Å². The number of thiophene rings is 1. The number of aryl methyl sites for hydroxylation is 1. The molecule has 94 valence electrons. The Bertz CT molecular complexity index is 570. The highest BCUT2D eigenvalue weighted by molar-refractivity contribution is 9.10. The third-order valence-electron chi connectivity index (χ3n) is 3.08. The van der Waals surface area contributed by atoms with Crippen molar-refractivity contribution in [3.05, 3.63) is 27.2 Å². The van der Waals surface area contributed by atoms with Gasteiger partial charge in [-0.1, -0.05) is 0 Å². The van der Waals surface area contributed by atoms with E-state index >= 15 is 0 Å². The van der Waals surface area contributed by atoms with Crippen LogP contribution in [0.25, 0.3) is 10.7 Å². The normalized spacial score (nSPS) is 14.8. The van der Waals surface area contributed by atoms with Crippen molar-refractivity contribution in [1.29, 1.82) is 0 Å². The zero-order valence-corrected chi connectivity index (χ0v) is 12.7. The Balaban J connectivity index is 2.07. The maximum absolute atomic E-state index is 4.71. The first-order valence-corrected chi connectivity index (χ1v) is 7.61. The first kappa shape index (κ1) is 12.1. The second-order valence-corrected chi connectivity index (χ2v) is 6.65. The van der Waals surface area contributed by atoms with Gasteiger partial charge in [0, 0.05) is 34.1 Å². The van der Waals surface area contributed by atoms with Crippen LogP contribution >= 0.6 is 27.3 Å². The predicted octanol–water partition coefficient (Wildman–Crippen LogP) is 4.20. The van der Waals surface area contributed by atoms with Crippen molar-refractivity contribution in [2.24, 2.45) is 0 Å². The largest absolute Gasteiger partial charge is 0.373 e. The molecular formula is C13H14BrN3S. The lowest BCUT2D eigenvalue weighted by Gasteiger charge is -2.05. The number of nitrogens with zero attached hydrogens (tertiary/aromatic N) is 2. The minimum absolute atomic E-state index is 0.642. The minimum atomic E-state index is 0.642. The highest BCUT2D eigenvalue weighted by atomic mass is 79.9. The summed E-state index contributed by atoms with van der Waals surface area (Å²) in [5, 5.41) is 3.12. The van der Waals surface area contributed by atoms with Crippen molar-refractivity contribution in [1.82, 2.24) is 9.97 Å². The van der Waals surface area contributed by atoms with Crippen LogP contribution in [0.5, 0.6) is 0 Å². The lowest BCUT2D eigenvalue weighted by molar-refractivity contribution is 0.997. The number of hydrogen-bond donors (Lipinski definition) is 1. The van der Waals surface area contributed by atoms with Crippen LogP contribution in [0, 0.1) is 6.92 Å². The molecule has 1 aliphatic rings. The number of aromatic nitrogens is 2. The fraction of sp³-hybridized carbons (Fsp3) is 0.385. The van der Waals surface area contributed by atoms with Gasteiger partial charge >= 0.3 is 0 Å². The molecule has 0 bridgehead atoms. The van der Waals surface area contributed by atoms with E-state index in [1.165, 1.54) is 23.4 Å². The van der Waals surface area contributed by atoms with Gasteiger partial charge in [-0.2, -0.15) is 0 Å². The Morgan fingerprint density at radius 2 is 2.11 bits per heavy atom. The summed E-state index contributed by atoms with van der Waals surface area (Å²) in [6.45, 7) is 2.10. The van der Waals surface area contributed by atoms with Crippen LogP contribution in [0.1, 0.15) is 29.3 Å². The van der Waals surface area contributed by atoms with E-state index in [2.05, 4.69) is 45.3 Å². The van der Waals surface area contributed by atoms with Crippen molar-refractivity contribution in [2.45, 2.75) is 25.7 Å². The van der Waals surface area contributed by atoms with E-state index in [-0.39, 0.29) is 0 Å². The van der Waals surface area contributed by atoms with E-state index in [1.807, 2.05) is 7.05 Å². The highest BCUT2D eigenvalue weighted by Gasteiger charge is 2.26. The SMILES string of the molecule is CNc1cc(C2CC2)nc(-c2cc(Br)c(C)s2)n1. The van der Waals surface area contributed by atoms with E-state index in [0.29, 0.717) is 5.92 Å². The highest BCUT2D eigenvalue weighted by Crippen LogP contribution is 2.41. The molecule has 3 nitrogen and oxygen atoms in total. The van der Waals surface area contributed by atoms with Gasteiger partial charge in [0.25, 0.3) is 0 Å². The monoisotopic (exact) mass is 323 g/mol. The Labute approximate surface area is 119 Å². The summed E-state index contributed by atoms with van der Waals surface area (Å²) < 4.78 is 1.13. The molecule has 0 aromatic carbocycles. The molecule has 0 saturated heterocycles. The molecule has 0 aliphatic heterocycles. The maximum atomic E-state index is 4.71. The molecule has 2 aromatic heterocycles. The Hall–Kier alpha value is -0.940. The van der Waals surface area contributed by atoms with Gasteiger partial charge in [0.2, 0.25) is 0 Å². The van der Waals surface area contributed by atoms with Gasteiger partial charge in [0.05, 0.1) is 4.88 Å². The van der Waals surface area contributed by atoms with E-state index in [0.717, 1.165) is 21.0 Å². The average molecular weight is 324 g/mol. The summed E-state index contributed by atoms with van der Waals surface area (Å²) in [5.41, 5.74) is 1.17. The summed E-state index contributed by atoms with van der Waals surface area (Å²) in [4.78, 5) is 11.6. The maximum Gasteiger partial charge on any atom is 0.171 e. The molecular weight excluding hydrogens is 310 g/mol. The van der Waals surface area contributed by atoms with Gasteiger partial charge < -0.3 is 5.32 Å². The van der Waals surface area contributed by atoms with Crippen LogP contribution < -0.4 is 5.32 Å². The van der Waals surface area contributed by atoms with Gasteiger partial charge in [-0.05, 0) is 41.8 Å². The first-order chi connectivity index (χ1) is 8.67. The summed E-state index contributed by atoms with van der Waals surface area (Å²) in [5.74, 6) is 2.38. The summed E-state index contributed by atoms with van der Waals surface area (Å²) >= 11 is 5.28. The predicted molar refractivity (Wildman–Crippen MR) is 79.3 cm³/mol. The molecule has 1 saturated carbocycles. The molecule has 0 amide bonds. The van der Waals surface area contributed by atoms with Crippen LogP contribution in [-0.4, -0.2) is 17.0 Å². The third kappa shape index (κ3) is 2.29. The van der Waals surface area contributed by atoms with Gasteiger partial charge in [0.15, 0.2) is 5.82 Å². The second-order valence-electron chi connectivity index (χ2n) is 4.54. The number of nitrogens with one attached hydrogen (secondary N) is 1. The van der Waals surface area contributed by atoms with Gasteiger partial charge in [-0.3, -0.25) is 0 Å². The standard InChI is InChI=1S/C13H14BrN3S/c1-7-9(14)5-11(18-7)13-16-10(8-3-4-8)6-12(15-2)17-13/h5-6,8H,3-4H2,1-2H3,(H,15,16,17). The van der Waals surface area contributed by atoms with E-state index in [4.69, 9.17) is 4.98 Å².